The molecule has 0 aromatic rings. The van der Waals surface area contributed by atoms with E-state index in [9.17, 15) is 5.11 Å². The second kappa shape index (κ2) is 6.52. The Kier molecular flexibility index (Phi) is 6.51. The molecule has 0 aliphatic rings. The topological polar surface area (TPSA) is 20.2 Å². The van der Waals surface area contributed by atoms with Gasteiger partial charge in [-0.1, -0.05) is 47.5 Å². The highest BCUT2D eigenvalue weighted by Crippen LogP contribution is 2.35. The minimum Gasteiger partial charge on any atom is -0.393 e. The Morgan fingerprint density at radius 3 is 1.40 bits per heavy atom. The van der Waals surface area contributed by atoms with Crippen molar-refractivity contribution in [3.8, 4) is 0 Å². The predicted molar refractivity (Wildman–Crippen MR) is 67.9 cm³/mol. The molecule has 0 radical (unpaired) electrons. The van der Waals surface area contributed by atoms with Gasteiger partial charge in [0.1, 0.15) is 0 Å². The van der Waals surface area contributed by atoms with Crippen molar-refractivity contribution in [3.63, 3.8) is 0 Å². The Bertz CT molecular complexity index is 147. The van der Waals surface area contributed by atoms with Crippen LogP contribution in [-0.4, -0.2) is 11.2 Å². The van der Waals surface area contributed by atoms with Gasteiger partial charge in [-0.2, -0.15) is 0 Å². The van der Waals surface area contributed by atoms with Crippen molar-refractivity contribution in [1.29, 1.82) is 0 Å². The lowest BCUT2D eigenvalue weighted by atomic mass is 9.74. The van der Waals surface area contributed by atoms with Gasteiger partial charge in [0.15, 0.2) is 0 Å². The molecule has 92 valence electrons. The van der Waals surface area contributed by atoms with Crippen molar-refractivity contribution in [1.82, 2.24) is 0 Å². The van der Waals surface area contributed by atoms with Gasteiger partial charge in [0.25, 0.3) is 0 Å². The van der Waals surface area contributed by atoms with Crippen molar-refractivity contribution >= 4 is 0 Å². The van der Waals surface area contributed by atoms with Crippen LogP contribution in [0.1, 0.15) is 67.2 Å². The third-order valence-electron chi connectivity index (χ3n) is 3.59. The molecule has 0 aromatic heterocycles. The van der Waals surface area contributed by atoms with Crippen LogP contribution in [-0.2, 0) is 0 Å². The highest BCUT2D eigenvalue weighted by Gasteiger charge is 2.29. The van der Waals surface area contributed by atoms with E-state index in [2.05, 4.69) is 34.6 Å². The molecule has 0 saturated carbocycles. The van der Waals surface area contributed by atoms with Gasteiger partial charge in [-0.15, -0.1) is 0 Å². The SMILES string of the molecule is CC(C)CCC(C)(CCC(C)C)[C@@H](C)O. The van der Waals surface area contributed by atoms with Crippen LogP contribution in [0.15, 0.2) is 0 Å². The van der Waals surface area contributed by atoms with E-state index < -0.39 is 0 Å². The van der Waals surface area contributed by atoms with E-state index in [0.717, 1.165) is 24.7 Å². The summed E-state index contributed by atoms with van der Waals surface area (Å²) in [4.78, 5) is 0. The number of aliphatic hydroxyl groups excluding tert-OH is 1. The van der Waals surface area contributed by atoms with E-state index in [4.69, 9.17) is 0 Å². The maximum absolute atomic E-state index is 9.90. The minimum atomic E-state index is -0.185. The van der Waals surface area contributed by atoms with Gasteiger partial charge in [0, 0.05) is 0 Å². The lowest BCUT2D eigenvalue weighted by Crippen LogP contribution is -2.30. The lowest BCUT2D eigenvalue weighted by molar-refractivity contribution is 0.0307. The van der Waals surface area contributed by atoms with E-state index in [1.54, 1.807) is 0 Å². The van der Waals surface area contributed by atoms with Gasteiger partial charge in [-0.25, -0.2) is 0 Å². The fraction of sp³-hybridized carbons (Fsp3) is 1.00. The van der Waals surface area contributed by atoms with Crippen LogP contribution in [0, 0.1) is 17.3 Å². The minimum absolute atomic E-state index is 0.120. The summed E-state index contributed by atoms with van der Waals surface area (Å²) in [5, 5.41) is 9.90. The van der Waals surface area contributed by atoms with E-state index in [1.165, 1.54) is 12.8 Å². The third-order valence-corrected chi connectivity index (χ3v) is 3.59. The van der Waals surface area contributed by atoms with Gasteiger partial charge in [-0.3, -0.25) is 0 Å². The molecule has 1 heteroatoms. The van der Waals surface area contributed by atoms with Crippen LogP contribution < -0.4 is 0 Å². The van der Waals surface area contributed by atoms with E-state index in [-0.39, 0.29) is 11.5 Å². The molecular weight excluding hydrogens is 184 g/mol. The lowest BCUT2D eigenvalue weighted by Gasteiger charge is -2.34. The zero-order valence-corrected chi connectivity index (χ0v) is 11.5. The molecular formula is C14H30O. The molecule has 0 saturated heterocycles. The summed E-state index contributed by atoms with van der Waals surface area (Å²) in [6.07, 6.45) is 4.55. The Labute approximate surface area is 96.3 Å². The maximum Gasteiger partial charge on any atom is 0.0565 e. The van der Waals surface area contributed by atoms with Crippen LogP contribution in [0.25, 0.3) is 0 Å². The van der Waals surface area contributed by atoms with Crippen molar-refractivity contribution in [2.75, 3.05) is 0 Å². The first-order valence-electron chi connectivity index (χ1n) is 6.46. The smallest absolute Gasteiger partial charge is 0.0565 e. The predicted octanol–water partition coefficient (Wildman–Crippen LogP) is 4.25. The fourth-order valence-electron chi connectivity index (χ4n) is 1.78. The highest BCUT2D eigenvalue weighted by atomic mass is 16.3. The number of hydrogen-bond acceptors (Lipinski definition) is 1. The van der Waals surface area contributed by atoms with Crippen molar-refractivity contribution in [3.05, 3.63) is 0 Å². The van der Waals surface area contributed by atoms with Crippen LogP contribution in [0.2, 0.25) is 0 Å². The quantitative estimate of drug-likeness (QED) is 0.672. The third kappa shape index (κ3) is 6.19. The molecule has 0 heterocycles. The molecule has 0 spiro atoms. The normalized spacial score (nSPS) is 15.0. The standard InChI is InChI=1S/C14H30O/c1-11(2)7-9-14(6,13(5)15)10-8-12(3)4/h11-13,15H,7-10H2,1-6H3/t13-/m1/s1. The molecule has 0 aliphatic heterocycles. The van der Waals surface area contributed by atoms with E-state index >= 15 is 0 Å². The summed E-state index contributed by atoms with van der Waals surface area (Å²) in [6, 6.07) is 0. The average molecular weight is 214 g/mol. The van der Waals surface area contributed by atoms with Crippen LogP contribution in [0.3, 0.4) is 0 Å². The summed E-state index contributed by atoms with van der Waals surface area (Å²) in [5.74, 6) is 1.48. The molecule has 0 amide bonds. The Balaban J connectivity index is 4.19. The summed E-state index contributed by atoms with van der Waals surface area (Å²) < 4.78 is 0. The van der Waals surface area contributed by atoms with Gasteiger partial charge < -0.3 is 5.11 Å². The van der Waals surface area contributed by atoms with Crippen molar-refractivity contribution in [2.45, 2.75) is 73.3 Å². The molecule has 1 N–H and O–H groups in total. The Hall–Kier alpha value is -0.0400. The monoisotopic (exact) mass is 214 g/mol. The average Bonchev–Trinajstić information content (AvgIpc) is 2.11. The fourth-order valence-corrected chi connectivity index (χ4v) is 1.78. The largest absolute Gasteiger partial charge is 0.393 e. The molecule has 0 bridgehead atoms. The molecule has 1 atom stereocenters. The first kappa shape index (κ1) is 15.0. The Morgan fingerprint density at radius 1 is 0.867 bits per heavy atom. The summed E-state index contributed by atoms with van der Waals surface area (Å²) in [6.45, 7) is 13.2. The second-order valence-electron chi connectivity index (χ2n) is 6.20. The van der Waals surface area contributed by atoms with E-state index in [1.807, 2.05) is 6.92 Å². The first-order valence-corrected chi connectivity index (χ1v) is 6.46. The highest BCUT2D eigenvalue weighted by molar-refractivity contribution is 4.80. The Morgan fingerprint density at radius 2 is 1.20 bits per heavy atom. The van der Waals surface area contributed by atoms with Crippen LogP contribution >= 0.6 is 0 Å². The molecule has 0 aliphatic carbocycles. The van der Waals surface area contributed by atoms with Crippen LogP contribution in [0.4, 0.5) is 0 Å². The van der Waals surface area contributed by atoms with Gasteiger partial charge in [0.2, 0.25) is 0 Å². The molecule has 15 heavy (non-hydrogen) atoms. The van der Waals surface area contributed by atoms with Crippen molar-refractivity contribution in [2.24, 2.45) is 17.3 Å². The first-order chi connectivity index (χ1) is 6.78. The molecule has 0 aromatic carbocycles. The second-order valence-corrected chi connectivity index (χ2v) is 6.20. The zero-order chi connectivity index (χ0) is 12.1. The molecule has 1 nitrogen and oxygen atoms in total. The van der Waals surface area contributed by atoms with Crippen molar-refractivity contribution < 1.29 is 5.11 Å². The maximum atomic E-state index is 9.90. The molecule has 0 rings (SSSR count). The summed E-state index contributed by atoms with van der Waals surface area (Å²) in [5.41, 5.74) is 0.120. The zero-order valence-electron chi connectivity index (χ0n) is 11.5. The van der Waals surface area contributed by atoms with Gasteiger partial charge >= 0.3 is 0 Å². The number of hydrogen-bond donors (Lipinski definition) is 1. The summed E-state index contributed by atoms with van der Waals surface area (Å²) in [7, 11) is 0. The molecule has 0 fully saturated rings. The summed E-state index contributed by atoms with van der Waals surface area (Å²) >= 11 is 0. The van der Waals surface area contributed by atoms with Gasteiger partial charge in [-0.05, 0) is 37.0 Å². The molecule has 0 unspecified atom stereocenters. The van der Waals surface area contributed by atoms with E-state index in [0.29, 0.717) is 0 Å². The number of rotatable bonds is 7. The number of aliphatic hydroxyl groups is 1. The van der Waals surface area contributed by atoms with Crippen LogP contribution in [0.5, 0.6) is 0 Å². The van der Waals surface area contributed by atoms with Gasteiger partial charge in [0.05, 0.1) is 6.10 Å².